The average Bonchev–Trinajstić information content (AvgIpc) is 3.41. The van der Waals surface area contributed by atoms with Gasteiger partial charge < -0.3 is 0 Å². The summed E-state index contributed by atoms with van der Waals surface area (Å²) < 4.78 is 2.33. The zero-order valence-electron chi connectivity index (χ0n) is 14.1. The average molecular weight is 397 g/mol. The molecule has 0 atom stereocenters. The van der Waals surface area contributed by atoms with Gasteiger partial charge in [0, 0.05) is 15.7 Å². The van der Waals surface area contributed by atoms with E-state index in [9.17, 15) is 4.79 Å². The SMILES string of the molecule is CSc1csc2c(=O)n(-c3ccc(C4CC4)c4ccccc34)c(S)nc12. The zero-order chi connectivity index (χ0) is 17.8. The molecule has 1 aliphatic carbocycles. The summed E-state index contributed by atoms with van der Waals surface area (Å²) in [5.41, 5.74) is 2.95. The van der Waals surface area contributed by atoms with E-state index in [0.717, 1.165) is 21.5 Å². The molecule has 130 valence electrons. The van der Waals surface area contributed by atoms with E-state index in [1.807, 2.05) is 23.8 Å². The molecule has 1 fully saturated rings. The third-order valence-corrected chi connectivity index (χ3v) is 7.11. The molecule has 1 aliphatic rings. The molecule has 3 nitrogen and oxygen atoms in total. The Balaban J connectivity index is 1.84. The lowest BCUT2D eigenvalue weighted by atomic mass is 9.99. The number of aromatic nitrogens is 2. The van der Waals surface area contributed by atoms with Crippen molar-refractivity contribution in [2.24, 2.45) is 0 Å². The van der Waals surface area contributed by atoms with E-state index in [0.29, 0.717) is 15.8 Å². The molecule has 1 saturated carbocycles. The van der Waals surface area contributed by atoms with Crippen LogP contribution in [0.2, 0.25) is 0 Å². The fourth-order valence-corrected chi connectivity index (χ4v) is 5.58. The number of rotatable bonds is 3. The summed E-state index contributed by atoms with van der Waals surface area (Å²) in [7, 11) is 0. The second kappa shape index (κ2) is 6.15. The molecule has 6 heteroatoms. The van der Waals surface area contributed by atoms with E-state index >= 15 is 0 Å². The molecule has 0 unspecified atom stereocenters. The van der Waals surface area contributed by atoms with Gasteiger partial charge in [0.25, 0.3) is 5.56 Å². The highest BCUT2D eigenvalue weighted by Crippen LogP contribution is 2.44. The molecule has 2 aromatic heterocycles. The van der Waals surface area contributed by atoms with Crippen LogP contribution in [0, 0.1) is 0 Å². The molecule has 2 heterocycles. The normalized spacial score (nSPS) is 14.4. The second-order valence-electron chi connectivity index (χ2n) is 6.53. The topological polar surface area (TPSA) is 34.9 Å². The molecule has 0 amide bonds. The highest BCUT2D eigenvalue weighted by molar-refractivity contribution is 7.99. The van der Waals surface area contributed by atoms with Crippen LogP contribution < -0.4 is 5.56 Å². The molecule has 4 aromatic rings. The zero-order valence-corrected chi connectivity index (χ0v) is 16.6. The first-order chi connectivity index (χ1) is 12.7. The molecule has 0 aliphatic heterocycles. The summed E-state index contributed by atoms with van der Waals surface area (Å²) in [5.74, 6) is 0.656. The summed E-state index contributed by atoms with van der Waals surface area (Å²) in [6, 6.07) is 12.5. The Morgan fingerprint density at radius 2 is 1.96 bits per heavy atom. The van der Waals surface area contributed by atoms with E-state index in [2.05, 4.69) is 41.9 Å². The smallest absolute Gasteiger partial charge is 0.267 e. The van der Waals surface area contributed by atoms with Gasteiger partial charge in [0.1, 0.15) is 10.2 Å². The van der Waals surface area contributed by atoms with Gasteiger partial charge in [-0.25, -0.2) is 4.98 Å². The lowest BCUT2D eigenvalue weighted by molar-refractivity contribution is 0.829. The Hall–Kier alpha value is -1.76. The molecular formula is C20H16N2OS3. The number of nitrogens with zero attached hydrogens (tertiary/aromatic N) is 2. The lowest BCUT2D eigenvalue weighted by Gasteiger charge is -2.14. The Labute approximate surface area is 164 Å². The van der Waals surface area contributed by atoms with Gasteiger partial charge in [0.15, 0.2) is 5.16 Å². The van der Waals surface area contributed by atoms with Crippen molar-refractivity contribution in [2.45, 2.75) is 28.8 Å². The van der Waals surface area contributed by atoms with E-state index in [1.165, 1.54) is 35.1 Å². The molecule has 0 spiro atoms. The van der Waals surface area contributed by atoms with Crippen molar-refractivity contribution in [3.63, 3.8) is 0 Å². The van der Waals surface area contributed by atoms with Crippen molar-refractivity contribution in [1.82, 2.24) is 9.55 Å². The highest BCUT2D eigenvalue weighted by Gasteiger charge is 2.26. The van der Waals surface area contributed by atoms with Crippen LogP contribution in [0.15, 0.2) is 56.6 Å². The van der Waals surface area contributed by atoms with E-state index in [-0.39, 0.29) is 5.56 Å². The molecule has 26 heavy (non-hydrogen) atoms. The first-order valence-electron chi connectivity index (χ1n) is 8.48. The quantitative estimate of drug-likeness (QED) is 0.283. The van der Waals surface area contributed by atoms with Gasteiger partial charge in [-0.1, -0.05) is 30.3 Å². The van der Waals surface area contributed by atoms with Gasteiger partial charge >= 0.3 is 0 Å². The second-order valence-corrected chi connectivity index (χ2v) is 8.66. The van der Waals surface area contributed by atoms with Crippen LogP contribution in [0.4, 0.5) is 0 Å². The number of thiol groups is 1. The van der Waals surface area contributed by atoms with Gasteiger partial charge in [0.2, 0.25) is 0 Å². The molecule has 2 aromatic carbocycles. The van der Waals surface area contributed by atoms with E-state index in [4.69, 9.17) is 0 Å². The minimum Gasteiger partial charge on any atom is -0.267 e. The summed E-state index contributed by atoms with van der Waals surface area (Å²) in [4.78, 5) is 18.9. The maximum Gasteiger partial charge on any atom is 0.276 e. The summed E-state index contributed by atoms with van der Waals surface area (Å²) >= 11 is 7.63. The Bertz CT molecular complexity index is 1220. The predicted molar refractivity (Wildman–Crippen MR) is 114 cm³/mol. The maximum absolute atomic E-state index is 13.2. The minimum atomic E-state index is -0.0466. The number of hydrogen-bond acceptors (Lipinski definition) is 5. The standard InChI is InChI=1S/C20H16N2OS3/c1-25-16-10-26-18-17(16)21-20(24)22(19(18)23)15-9-8-12(11-6-7-11)13-4-2-3-5-14(13)15/h2-5,8-11H,6-7H2,1H3,(H,21,24). The molecule has 0 saturated heterocycles. The largest absolute Gasteiger partial charge is 0.276 e. The van der Waals surface area contributed by atoms with Gasteiger partial charge in [0.05, 0.1) is 5.69 Å². The maximum atomic E-state index is 13.2. The Morgan fingerprint density at radius 3 is 2.69 bits per heavy atom. The van der Waals surface area contributed by atoms with Gasteiger partial charge in [-0.2, -0.15) is 0 Å². The number of benzene rings is 2. The van der Waals surface area contributed by atoms with Crippen LogP contribution in [-0.4, -0.2) is 15.8 Å². The van der Waals surface area contributed by atoms with Crippen LogP contribution >= 0.6 is 35.7 Å². The van der Waals surface area contributed by atoms with Crippen LogP contribution in [0.25, 0.3) is 26.7 Å². The van der Waals surface area contributed by atoms with E-state index < -0.39 is 0 Å². The fourth-order valence-electron chi connectivity index (χ4n) is 3.55. The molecule has 0 radical (unpaired) electrons. The first-order valence-corrected chi connectivity index (χ1v) is 11.0. The number of thiophene rings is 1. The number of thioether (sulfide) groups is 1. The number of fused-ring (bicyclic) bond motifs is 2. The minimum absolute atomic E-state index is 0.0466. The Kier molecular flexibility index (Phi) is 3.88. The lowest BCUT2D eigenvalue weighted by Crippen LogP contribution is -2.20. The fraction of sp³-hybridized carbons (Fsp3) is 0.200. The molecule has 0 N–H and O–H groups in total. The monoisotopic (exact) mass is 396 g/mol. The predicted octanol–water partition coefficient (Wildman–Crippen LogP) is 5.49. The molecule has 5 rings (SSSR count). The molecule has 0 bridgehead atoms. The highest BCUT2D eigenvalue weighted by atomic mass is 32.2. The van der Waals surface area contributed by atoms with Crippen molar-refractivity contribution in [2.75, 3.05) is 6.26 Å². The van der Waals surface area contributed by atoms with Crippen LogP contribution in [0.1, 0.15) is 24.3 Å². The summed E-state index contributed by atoms with van der Waals surface area (Å²) in [5, 5.41) is 4.73. The number of hydrogen-bond donors (Lipinski definition) is 1. The van der Waals surface area contributed by atoms with E-state index in [1.54, 1.807) is 16.3 Å². The van der Waals surface area contributed by atoms with Crippen molar-refractivity contribution in [1.29, 1.82) is 0 Å². The van der Waals surface area contributed by atoms with Gasteiger partial charge in [-0.05, 0) is 42.0 Å². The van der Waals surface area contributed by atoms with Gasteiger partial charge in [-0.3, -0.25) is 9.36 Å². The van der Waals surface area contributed by atoms with Crippen LogP contribution in [-0.2, 0) is 0 Å². The molecular weight excluding hydrogens is 380 g/mol. The van der Waals surface area contributed by atoms with Crippen LogP contribution in [0.5, 0.6) is 0 Å². The third kappa shape index (κ3) is 2.43. The van der Waals surface area contributed by atoms with Crippen molar-refractivity contribution >= 4 is 56.7 Å². The van der Waals surface area contributed by atoms with Crippen molar-refractivity contribution in [3.05, 3.63) is 57.7 Å². The van der Waals surface area contributed by atoms with Crippen LogP contribution in [0.3, 0.4) is 0 Å². The first kappa shape index (κ1) is 16.4. The third-order valence-electron chi connectivity index (χ3n) is 4.95. The summed E-state index contributed by atoms with van der Waals surface area (Å²) in [6.07, 6.45) is 4.50. The summed E-state index contributed by atoms with van der Waals surface area (Å²) in [6.45, 7) is 0. The van der Waals surface area contributed by atoms with Crippen molar-refractivity contribution in [3.8, 4) is 5.69 Å². The Morgan fingerprint density at radius 1 is 1.19 bits per heavy atom. The van der Waals surface area contributed by atoms with Crippen molar-refractivity contribution < 1.29 is 0 Å². The van der Waals surface area contributed by atoms with Gasteiger partial charge in [-0.15, -0.1) is 35.7 Å².